The lowest BCUT2D eigenvalue weighted by Gasteiger charge is -2.18. The second kappa shape index (κ2) is 6.91. The molecule has 0 spiro atoms. The van der Waals surface area contributed by atoms with E-state index in [2.05, 4.69) is 5.32 Å². The van der Waals surface area contributed by atoms with E-state index < -0.39 is 32.2 Å². The van der Waals surface area contributed by atoms with Crippen LogP contribution in [0.1, 0.15) is 36.7 Å². The van der Waals surface area contributed by atoms with Crippen molar-refractivity contribution in [2.75, 3.05) is 12.3 Å². The number of benzene rings is 1. The zero-order valence-electron chi connectivity index (χ0n) is 12.9. The lowest BCUT2D eigenvalue weighted by Crippen LogP contribution is -2.38. The molecule has 2 N–H and O–H groups in total. The third-order valence-electron chi connectivity index (χ3n) is 3.16. The Morgan fingerprint density at radius 3 is 2.41 bits per heavy atom. The standard InChI is InChI=1S/C15H21NO5S/c1-15(2,3)22(20,21)10-13(17)16-8-7-11-5-4-6-12(9-11)14(18)19/h4-6,9H,7-8,10H2,1-3H3,(H,16,17)(H,18,19). The zero-order chi connectivity index (χ0) is 17.0. The highest BCUT2D eigenvalue weighted by Gasteiger charge is 2.30. The molecule has 7 heteroatoms. The van der Waals surface area contributed by atoms with E-state index in [9.17, 15) is 18.0 Å². The molecular formula is C15H21NO5S. The number of carbonyl (C=O) groups excluding carboxylic acids is 1. The van der Waals surface area contributed by atoms with Gasteiger partial charge in [-0.3, -0.25) is 4.79 Å². The Hall–Kier alpha value is -1.89. The first kappa shape index (κ1) is 18.2. The molecule has 22 heavy (non-hydrogen) atoms. The number of carbonyl (C=O) groups is 2. The summed E-state index contributed by atoms with van der Waals surface area (Å²) in [6.45, 7) is 4.90. The highest BCUT2D eigenvalue weighted by molar-refractivity contribution is 7.93. The van der Waals surface area contributed by atoms with Crippen LogP contribution in [0.25, 0.3) is 0 Å². The van der Waals surface area contributed by atoms with Crippen LogP contribution in [0.15, 0.2) is 24.3 Å². The number of hydrogen-bond donors (Lipinski definition) is 2. The normalized spacial score (nSPS) is 12.0. The Bertz CT molecular complexity index is 659. The molecule has 0 aliphatic heterocycles. The topological polar surface area (TPSA) is 101 Å². The molecule has 0 bridgehead atoms. The zero-order valence-corrected chi connectivity index (χ0v) is 13.7. The number of hydrogen-bond acceptors (Lipinski definition) is 4. The molecule has 0 atom stereocenters. The van der Waals surface area contributed by atoms with E-state index in [1.807, 2.05) is 0 Å². The molecule has 0 heterocycles. The van der Waals surface area contributed by atoms with E-state index in [1.54, 1.807) is 32.9 Å². The fraction of sp³-hybridized carbons (Fsp3) is 0.467. The Morgan fingerprint density at radius 2 is 1.86 bits per heavy atom. The van der Waals surface area contributed by atoms with Crippen LogP contribution in [0.3, 0.4) is 0 Å². The summed E-state index contributed by atoms with van der Waals surface area (Å²) in [5.41, 5.74) is 0.943. The maximum atomic E-state index is 11.9. The summed E-state index contributed by atoms with van der Waals surface area (Å²) in [5.74, 6) is -2.11. The SMILES string of the molecule is CC(C)(C)S(=O)(=O)CC(=O)NCCc1cccc(C(=O)O)c1. The number of carboxylic acids is 1. The second-order valence-corrected chi connectivity index (χ2v) is 8.72. The van der Waals surface area contributed by atoms with Crippen molar-refractivity contribution in [3.63, 3.8) is 0 Å². The highest BCUT2D eigenvalue weighted by atomic mass is 32.2. The molecule has 0 unspecified atom stereocenters. The van der Waals surface area contributed by atoms with E-state index in [-0.39, 0.29) is 12.1 Å². The third-order valence-corrected chi connectivity index (χ3v) is 5.67. The van der Waals surface area contributed by atoms with E-state index in [1.165, 1.54) is 12.1 Å². The lowest BCUT2D eigenvalue weighted by molar-refractivity contribution is -0.118. The summed E-state index contributed by atoms with van der Waals surface area (Å²) in [5, 5.41) is 11.4. The Balaban J connectivity index is 2.53. The predicted molar refractivity (Wildman–Crippen MR) is 83.7 cm³/mol. The molecule has 1 aromatic carbocycles. The van der Waals surface area contributed by atoms with Crippen LogP contribution in [-0.2, 0) is 21.1 Å². The molecule has 0 aliphatic carbocycles. The molecule has 0 saturated heterocycles. The summed E-state index contributed by atoms with van der Waals surface area (Å²) < 4.78 is 22.8. The van der Waals surface area contributed by atoms with Gasteiger partial charge in [0, 0.05) is 6.54 Å². The third kappa shape index (κ3) is 5.14. The summed E-state index contributed by atoms with van der Waals surface area (Å²) in [7, 11) is -3.50. The Morgan fingerprint density at radius 1 is 1.23 bits per heavy atom. The fourth-order valence-electron chi connectivity index (χ4n) is 1.65. The smallest absolute Gasteiger partial charge is 0.335 e. The number of sulfone groups is 1. The van der Waals surface area contributed by atoms with Gasteiger partial charge in [0.15, 0.2) is 9.84 Å². The minimum atomic E-state index is -3.50. The number of nitrogens with one attached hydrogen (secondary N) is 1. The van der Waals surface area contributed by atoms with Crippen molar-refractivity contribution in [1.29, 1.82) is 0 Å². The van der Waals surface area contributed by atoms with Crippen LogP contribution >= 0.6 is 0 Å². The van der Waals surface area contributed by atoms with Gasteiger partial charge in [-0.25, -0.2) is 13.2 Å². The largest absolute Gasteiger partial charge is 0.478 e. The molecule has 0 radical (unpaired) electrons. The molecule has 0 fully saturated rings. The molecular weight excluding hydrogens is 306 g/mol. The summed E-state index contributed by atoms with van der Waals surface area (Å²) in [6, 6.07) is 6.40. The molecule has 122 valence electrons. The molecule has 0 aromatic heterocycles. The average molecular weight is 327 g/mol. The van der Waals surface area contributed by atoms with Gasteiger partial charge in [-0.1, -0.05) is 12.1 Å². The van der Waals surface area contributed by atoms with Crippen molar-refractivity contribution in [2.45, 2.75) is 31.9 Å². The number of aromatic carboxylic acids is 1. The van der Waals surface area contributed by atoms with Crippen molar-refractivity contribution in [1.82, 2.24) is 5.32 Å². The van der Waals surface area contributed by atoms with Crippen molar-refractivity contribution in [2.24, 2.45) is 0 Å². The lowest BCUT2D eigenvalue weighted by atomic mass is 10.1. The first-order valence-electron chi connectivity index (χ1n) is 6.84. The quantitative estimate of drug-likeness (QED) is 0.819. The van der Waals surface area contributed by atoms with E-state index in [0.717, 1.165) is 5.56 Å². The number of amides is 1. The molecule has 0 aliphatic rings. The van der Waals surface area contributed by atoms with E-state index in [4.69, 9.17) is 5.11 Å². The fourth-order valence-corrected chi connectivity index (χ4v) is 2.53. The van der Waals surface area contributed by atoms with Crippen molar-refractivity contribution < 1.29 is 23.1 Å². The Labute approximate surface area is 130 Å². The summed E-state index contributed by atoms with van der Waals surface area (Å²) in [4.78, 5) is 22.5. The predicted octanol–water partition coefficient (Wildman–Crippen LogP) is 1.26. The van der Waals surface area contributed by atoms with Crippen LogP contribution in [0.2, 0.25) is 0 Å². The monoisotopic (exact) mass is 327 g/mol. The number of carboxylic acid groups (broad SMARTS) is 1. The van der Waals surface area contributed by atoms with Crippen LogP contribution in [-0.4, -0.2) is 42.4 Å². The Kier molecular flexibility index (Phi) is 5.71. The van der Waals surface area contributed by atoms with Crippen LogP contribution in [0.4, 0.5) is 0 Å². The van der Waals surface area contributed by atoms with Gasteiger partial charge >= 0.3 is 5.97 Å². The summed E-state index contributed by atoms with van der Waals surface area (Å²) >= 11 is 0. The highest BCUT2D eigenvalue weighted by Crippen LogP contribution is 2.15. The van der Waals surface area contributed by atoms with Gasteiger partial charge in [0.1, 0.15) is 5.75 Å². The first-order chi connectivity index (χ1) is 10.0. The maximum Gasteiger partial charge on any atom is 0.335 e. The average Bonchev–Trinajstić information content (AvgIpc) is 2.37. The van der Waals surface area contributed by atoms with Crippen LogP contribution in [0.5, 0.6) is 0 Å². The van der Waals surface area contributed by atoms with E-state index in [0.29, 0.717) is 6.42 Å². The minimum Gasteiger partial charge on any atom is -0.478 e. The van der Waals surface area contributed by atoms with Crippen LogP contribution in [0, 0.1) is 0 Å². The van der Waals surface area contributed by atoms with Crippen LogP contribution < -0.4 is 5.32 Å². The van der Waals surface area contributed by atoms with Gasteiger partial charge in [0.05, 0.1) is 10.3 Å². The first-order valence-corrected chi connectivity index (χ1v) is 8.49. The van der Waals surface area contributed by atoms with Gasteiger partial charge in [0.2, 0.25) is 5.91 Å². The van der Waals surface area contributed by atoms with Gasteiger partial charge < -0.3 is 10.4 Å². The molecule has 0 saturated carbocycles. The molecule has 6 nitrogen and oxygen atoms in total. The van der Waals surface area contributed by atoms with Gasteiger partial charge in [0.25, 0.3) is 0 Å². The molecule has 1 amide bonds. The van der Waals surface area contributed by atoms with Gasteiger partial charge in [-0.05, 0) is 44.9 Å². The molecule has 1 aromatic rings. The van der Waals surface area contributed by atoms with Crippen molar-refractivity contribution in [3.8, 4) is 0 Å². The van der Waals surface area contributed by atoms with E-state index >= 15 is 0 Å². The van der Waals surface area contributed by atoms with Gasteiger partial charge in [-0.15, -0.1) is 0 Å². The maximum absolute atomic E-state index is 11.9. The van der Waals surface area contributed by atoms with Gasteiger partial charge in [-0.2, -0.15) is 0 Å². The van der Waals surface area contributed by atoms with Crippen molar-refractivity contribution in [3.05, 3.63) is 35.4 Å². The minimum absolute atomic E-state index is 0.180. The number of rotatable bonds is 6. The van der Waals surface area contributed by atoms with Crippen molar-refractivity contribution >= 4 is 21.7 Å². The summed E-state index contributed by atoms with van der Waals surface area (Å²) in [6.07, 6.45) is 0.433. The molecule has 1 rings (SSSR count). The second-order valence-electron chi connectivity index (χ2n) is 5.98.